The molecule has 386 valence electrons. The molecule has 72 heavy (non-hydrogen) atoms. The van der Waals surface area contributed by atoms with E-state index in [0.29, 0.717) is 29.5 Å². The number of carbonyl (C=O) groups is 9. The van der Waals surface area contributed by atoms with Crippen LogP contribution in [0.5, 0.6) is 0 Å². The van der Waals surface area contributed by atoms with Crippen LogP contribution < -0.4 is 47.9 Å². The van der Waals surface area contributed by atoms with E-state index in [-0.39, 0.29) is 28.9 Å². The van der Waals surface area contributed by atoms with Crippen molar-refractivity contribution in [2.75, 3.05) is 7.05 Å². The minimum absolute atomic E-state index is 0.0289. The van der Waals surface area contributed by atoms with Crippen LogP contribution in [0.3, 0.4) is 0 Å². The highest BCUT2D eigenvalue weighted by atomic mass is 16.2. The van der Waals surface area contributed by atoms with Gasteiger partial charge in [0.2, 0.25) is 35.4 Å². The molecule has 0 bridgehead atoms. The largest absolute Gasteiger partial charge is 0.357 e. The number of benzene rings is 3. The van der Waals surface area contributed by atoms with Gasteiger partial charge in [0.05, 0.1) is 0 Å². The predicted octanol–water partition coefficient (Wildman–Crippen LogP) is 3.97. The van der Waals surface area contributed by atoms with Gasteiger partial charge in [-0.15, -0.1) is 0 Å². The third kappa shape index (κ3) is 18.8. The quantitative estimate of drug-likeness (QED) is 0.0622. The zero-order valence-corrected chi connectivity index (χ0v) is 43.3. The zero-order valence-electron chi connectivity index (χ0n) is 43.3. The second-order valence-electron chi connectivity index (χ2n) is 19.7. The molecule has 18 nitrogen and oxygen atoms in total. The standard InChI is InChI=1S/C54H71N9O9/c1-33(2)28-39(44(65)55-12)57-45(66)41(30-36-22-16-13-17-23-36)58-49(70)52(6,7)62-47(68)42(31-37-24-18-14-19-25-37)60-51(72)54(10,11)63-48(69)43(32-38-26-20-15-21-27-38)59-50(71)53(8,9)61-46(67)40(29-34(3)4)56-35(5)64/h13-27,30-34,39-40H,28-29H2,1-12H3,(H,55,65)(H,56,64)(H,57,66)(H,58,70)(H,59,71)(H,60,72)(H,61,67)(H,62,68)(H,63,69)/b41-30-,42-31-,43-32-/t39-,40-/m0/s1. The smallest absolute Gasteiger partial charge is 0.268 e. The van der Waals surface area contributed by atoms with Crippen LogP contribution in [0.25, 0.3) is 18.2 Å². The first-order valence-electron chi connectivity index (χ1n) is 23.6. The van der Waals surface area contributed by atoms with Gasteiger partial charge in [-0.25, -0.2) is 0 Å². The fourth-order valence-electron chi connectivity index (χ4n) is 6.79. The third-order valence-corrected chi connectivity index (χ3v) is 10.8. The summed E-state index contributed by atoms with van der Waals surface area (Å²) in [4.78, 5) is 122. The zero-order chi connectivity index (χ0) is 54.0. The van der Waals surface area contributed by atoms with Crippen molar-refractivity contribution in [2.45, 2.75) is 118 Å². The first kappa shape index (κ1) is 58.4. The van der Waals surface area contributed by atoms with Crippen molar-refractivity contribution in [1.29, 1.82) is 0 Å². The molecule has 18 heteroatoms. The van der Waals surface area contributed by atoms with Crippen molar-refractivity contribution in [3.63, 3.8) is 0 Å². The average molecular weight is 990 g/mol. The van der Waals surface area contributed by atoms with Crippen LogP contribution in [0.2, 0.25) is 0 Å². The summed E-state index contributed by atoms with van der Waals surface area (Å²) in [6.07, 6.45) is 4.80. The Kier molecular flexibility index (Phi) is 21.4. The molecule has 0 saturated heterocycles. The molecule has 0 saturated carbocycles. The van der Waals surface area contributed by atoms with Crippen LogP contribution in [-0.4, -0.2) is 88.9 Å². The van der Waals surface area contributed by atoms with E-state index in [1.165, 1.54) is 73.7 Å². The van der Waals surface area contributed by atoms with E-state index < -0.39 is 81.9 Å². The normalized spacial score (nSPS) is 13.2. The van der Waals surface area contributed by atoms with Crippen molar-refractivity contribution in [3.8, 4) is 0 Å². The van der Waals surface area contributed by atoms with Gasteiger partial charge in [-0.2, -0.15) is 0 Å². The van der Waals surface area contributed by atoms with Gasteiger partial charge in [-0.05, 0) is 101 Å². The van der Waals surface area contributed by atoms with Gasteiger partial charge < -0.3 is 47.9 Å². The predicted molar refractivity (Wildman–Crippen MR) is 277 cm³/mol. The molecule has 0 aliphatic heterocycles. The summed E-state index contributed by atoms with van der Waals surface area (Å²) < 4.78 is 0. The number of hydrogen-bond acceptors (Lipinski definition) is 9. The molecule has 0 aromatic heterocycles. The van der Waals surface area contributed by atoms with Crippen molar-refractivity contribution in [1.82, 2.24) is 47.9 Å². The van der Waals surface area contributed by atoms with Crippen LogP contribution in [-0.2, 0) is 43.2 Å². The summed E-state index contributed by atoms with van der Waals surface area (Å²) in [6, 6.07) is 23.9. The Hall–Kier alpha value is -7.89. The molecule has 9 N–H and O–H groups in total. The Labute approximate surface area is 422 Å². The van der Waals surface area contributed by atoms with E-state index in [0.717, 1.165) is 0 Å². The van der Waals surface area contributed by atoms with Crippen molar-refractivity contribution in [3.05, 3.63) is 125 Å². The molecule has 0 unspecified atom stereocenters. The molecule has 3 aromatic rings. The lowest BCUT2D eigenvalue weighted by Crippen LogP contribution is -2.60. The molecule has 0 radical (unpaired) electrons. The number of amides is 9. The highest BCUT2D eigenvalue weighted by Gasteiger charge is 2.38. The molecule has 0 fully saturated rings. The van der Waals surface area contributed by atoms with Gasteiger partial charge in [-0.1, -0.05) is 119 Å². The molecule has 9 amide bonds. The topological polar surface area (TPSA) is 262 Å². The van der Waals surface area contributed by atoms with E-state index >= 15 is 0 Å². The Morgan fingerprint density at radius 2 is 0.750 bits per heavy atom. The van der Waals surface area contributed by atoms with Gasteiger partial charge in [0.25, 0.3) is 17.7 Å². The van der Waals surface area contributed by atoms with E-state index in [4.69, 9.17) is 0 Å². The first-order chi connectivity index (χ1) is 33.6. The lowest BCUT2D eigenvalue weighted by Gasteiger charge is -2.30. The van der Waals surface area contributed by atoms with Gasteiger partial charge >= 0.3 is 0 Å². The highest BCUT2D eigenvalue weighted by molar-refractivity contribution is 6.09. The molecule has 3 rings (SSSR count). The Balaban J connectivity index is 1.92. The summed E-state index contributed by atoms with van der Waals surface area (Å²) >= 11 is 0. The summed E-state index contributed by atoms with van der Waals surface area (Å²) in [7, 11) is 1.45. The molecule has 0 aliphatic rings. The first-order valence-corrected chi connectivity index (χ1v) is 23.6. The minimum atomic E-state index is -1.79. The second-order valence-corrected chi connectivity index (χ2v) is 19.7. The fourth-order valence-corrected chi connectivity index (χ4v) is 6.79. The van der Waals surface area contributed by atoms with Gasteiger partial charge in [0, 0.05) is 14.0 Å². The fraction of sp³-hybridized carbons (Fsp3) is 0.389. The van der Waals surface area contributed by atoms with Crippen molar-refractivity contribution in [2.24, 2.45) is 11.8 Å². The molecule has 0 heterocycles. The van der Waals surface area contributed by atoms with Crippen LogP contribution >= 0.6 is 0 Å². The summed E-state index contributed by atoms with van der Waals surface area (Å²) in [5.41, 5.74) is -4.43. The van der Waals surface area contributed by atoms with E-state index in [1.807, 2.05) is 27.7 Å². The lowest BCUT2D eigenvalue weighted by atomic mass is 9.99. The molecule has 0 aliphatic carbocycles. The number of nitrogens with one attached hydrogen (secondary N) is 9. The van der Waals surface area contributed by atoms with Crippen LogP contribution in [0.1, 0.15) is 106 Å². The van der Waals surface area contributed by atoms with Gasteiger partial charge in [0.1, 0.15) is 45.8 Å². The Morgan fingerprint density at radius 1 is 0.444 bits per heavy atom. The van der Waals surface area contributed by atoms with E-state index in [9.17, 15) is 43.2 Å². The maximum absolute atomic E-state index is 14.3. The number of likely N-dealkylation sites (N-methyl/N-ethyl adjacent to an activating group) is 1. The summed E-state index contributed by atoms with van der Waals surface area (Å²) in [6.45, 7) is 17.2. The minimum Gasteiger partial charge on any atom is -0.357 e. The maximum atomic E-state index is 14.3. The molecular weight excluding hydrogens is 919 g/mol. The van der Waals surface area contributed by atoms with E-state index in [2.05, 4.69) is 47.9 Å². The van der Waals surface area contributed by atoms with Crippen molar-refractivity contribution < 1.29 is 43.2 Å². The number of rotatable bonds is 23. The molecule has 2 atom stereocenters. The highest BCUT2D eigenvalue weighted by Crippen LogP contribution is 2.16. The molecule has 0 spiro atoms. The molecular formula is C54H71N9O9. The van der Waals surface area contributed by atoms with Crippen LogP contribution in [0, 0.1) is 11.8 Å². The summed E-state index contributed by atoms with van der Waals surface area (Å²) in [5, 5.41) is 23.6. The Bertz CT molecular complexity index is 2530. The van der Waals surface area contributed by atoms with Crippen molar-refractivity contribution >= 4 is 71.4 Å². The van der Waals surface area contributed by atoms with Gasteiger partial charge in [-0.3, -0.25) is 43.2 Å². The van der Waals surface area contributed by atoms with Gasteiger partial charge in [0.15, 0.2) is 0 Å². The average Bonchev–Trinajstić information content (AvgIpc) is 3.30. The van der Waals surface area contributed by atoms with E-state index in [1.54, 1.807) is 91.0 Å². The lowest BCUT2D eigenvalue weighted by molar-refractivity contribution is -0.135. The SMILES string of the molecule is CNC(=O)[C@H](CC(C)C)NC(=O)/C(=C/c1ccccc1)NC(=O)C(C)(C)NC(=O)/C(=C/c1ccccc1)NC(=O)C(C)(C)NC(=O)/C(=C/c1ccccc1)NC(=O)C(C)(C)NC(=O)[C@H](CC(C)C)NC(C)=O. The van der Waals surface area contributed by atoms with Crippen LogP contribution in [0.4, 0.5) is 0 Å². The number of carbonyl (C=O) groups excluding carboxylic acids is 9. The molecule has 3 aromatic carbocycles. The van der Waals surface area contributed by atoms with Crippen LogP contribution in [0.15, 0.2) is 108 Å². The second kappa shape index (κ2) is 26.4. The Morgan fingerprint density at radius 3 is 1.06 bits per heavy atom. The summed E-state index contributed by atoms with van der Waals surface area (Å²) in [5.74, 6) is -6.46. The third-order valence-electron chi connectivity index (χ3n) is 10.8. The monoisotopic (exact) mass is 990 g/mol. The maximum Gasteiger partial charge on any atom is 0.268 e. The number of hydrogen-bond donors (Lipinski definition) is 9.